The number of nitrogens with zero attached hydrogens (tertiary/aromatic N) is 3. The van der Waals surface area contributed by atoms with E-state index >= 15 is 0 Å². The van der Waals surface area contributed by atoms with Crippen LogP contribution < -0.4 is 10.6 Å². The molecular weight excluding hydrogens is 514 g/mol. The maximum atomic E-state index is 12.3. The number of carboxylic acid groups (broad SMARTS) is 2. The van der Waals surface area contributed by atoms with E-state index in [-0.39, 0.29) is 70.6 Å². The zero-order chi connectivity index (χ0) is 27.3. The zero-order valence-corrected chi connectivity index (χ0v) is 22.8. The van der Waals surface area contributed by atoms with Gasteiger partial charge in [0.15, 0.2) is 0 Å². The van der Waals surface area contributed by atoms with E-state index in [0.29, 0.717) is 12.3 Å². The smallest absolute Gasteiger partial charge is 0.319 e. The maximum absolute atomic E-state index is 12.3. The van der Waals surface area contributed by atoms with Gasteiger partial charge in [-0.3, -0.25) is 38.7 Å². The zero-order valence-electron chi connectivity index (χ0n) is 21.2. The minimum absolute atomic E-state index is 0.00755. The average Bonchev–Trinajstić information content (AvgIpc) is 2.78. The van der Waals surface area contributed by atoms with Gasteiger partial charge >= 0.3 is 17.9 Å². The van der Waals surface area contributed by atoms with Gasteiger partial charge in [-0.15, -0.1) is 0 Å². The molecule has 0 aliphatic heterocycles. The third-order valence-corrected chi connectivity index (χ3v) is 7.01. The molecule has 0 radical (unpaired) electrons. The highest BCUT2D eigenvalue weighted by molar-refractivity contribution is 8.76. The molecule has 0 aromatic heterocycles. The molecule has 0 aromatic carbocycles. The van der Waals surface area contributed by atoms with Gasteiger partial charge in [-0.2, -0.15) is 0 Å². The third kappa shape index (κ3) is 20.3. The second-order valence-electron chi connectivity index (χ2n) is 7.86. The lowest BCUT2D eigenvalue weighted by molar-refractivity contribution is -0.143. The third-order valence-electron chi connectivity index (χ3n) is 4.60. The summed E-state index contributed by atoms with van der Waals surface area (Å²) in [6.45, 7) is 2.56. The van der Waals surface area contributed by atoms with Crippen LogP contribution in [0.4, 0.5) is 0 Å². The summed E-state index contributed by atoms with van der Waals surface area (Å²) >= 11 is 0. The van der Waals surface area contributed by atoms with Crippen LogP contribution in [-0.2, 0) is 28.7 Å². The van der Waals surface area contributed by atoms with Crippen molar-refractivity contribution in [3.05, 3.63) is 0 Å². The number of amides is 1. The van der Waals surface area contributed by atoms with Gasteiger partial charge in [0.25, 0.3) is 0 Å². The van der Waals surface area contributed by atoms with Gasteiger partial charge in [0, 0.05) is 50.8 Å². The van der Waals surface area contributed by atoms with Crippen molar-refractivity contribution in [3.8, 4) is 0 Å². The molecule has 15 heteroatoms. The van der Waals surface area contributed by atoms with Crippen molar-refractivity contribution >= 4 is 51.2 Å². The van der Waals surface area contributed by atoms with E-state index in [1.54, 1.807) is 31.4 Å². The van der Waals surface area contributed by atoms with Crippen LogP contribution >= 0.6 is 21.6 Å². The first kappa shape index (κ1) is 34.1. The van der Waals surface area contributed by atoms with Crippen molar-refractivity contribution in [2.45, 2.75) is 6.92 Å². The lowest BCUT2D eigenvalue weighted by atomic mass is 10.3. The van der Waals surface area contributed by atoms with Gasteiger partial charge in [0.2, 0.25) is 5.91 Å². The molecule has 0 aliphatic rings. The lowest BCUT2D eigenvalue weighted by Crippen LogP contribution is -2.46. The van der Waals surface area contributed by atoms with E-state index < -0.39 is 17.9 Å². The van der Waals surface area contributed by atoms with Crippen LogP contribution in [0, 0.1) is 0 Å². The van der Waals surface area contributed by atoms with Crippen LogP contribution in [0.3, 0.4) is 0 Å². The second-order valence-corrected chi connectivity index (χ2v) is 10.6. The predicted octanol–water partition coefficient (Wildman–Crippen LogP) is -1.46. The Hall–Kier alpha value is -1.91. The van der Waals surface area contributed by atoms with E-state index in [4.69, 9.17) is 0 Å². The van der Waals surface area contributed by atoms with Crippen LogP contribution in [0.25, 0.3) is 0 Å². The molecule has 208 valence electrons. The fourth-order valence-corrected chi connectivity index (χ4v) is 4.88. The average molecular weight is 554 g/mol. The molecule has 0 saturated carbocycles. The fourth-order valence-electron chi connectivity index (χ4n) is 2.96. The summed E-state index contributed by atoms with van der Waals surface area (Å²) < 4.78 is 4.64. The molecule has 0 aromatic rings. The summed E-state index contributed by atoms with van der Waals surface area (Å²) in [5.74, 6) is -1.50. The highest BCUT2D eigenvalue weighted by Crippen LogP contribution is 2.19. The van der Waals surface area contributed by atoms with Crippen LogP contribution in [-0.4, -0.2) is 152 Å². The number of esters is 1. The Balaban J connectivity index is 4.82. The Labute approximate surface area is 220 Å². The van der Waals surface area contributed by atoms with Gasteiger partial charge in [-0.25, -0.2) is 0 Å². The number of ketones is 1. The van der Waals surface area contributed by atoms with Gasteiger partial charge < -0.3 is 25.6 Å². The van der Waals surface area contributed by atoms with E-state index in [2.05, 4.69) is 15.4 Å². The van der Waals surface area contributed by atoms with Crippen LogP contribution in [0.5, 0.6) is 0 Å². The summed E-state index contributed by atoms with van der Waals surface area (Å²) in [4.78, 5) is 62.6. The molecule has 1 amide bonds. The second kappa shape index (κ2) is 21.2. The number of carbonyl (C=O) groups excluding carboxylic acids is 3. The van der Waals surface area contributed by atoms with Gasteiger partial charge in [0.1, 0.15) is 5.78 Å². The van der Waals surface area contributed by atoms with Gasteiger partial charge in [-0.1, -0.05) is 21.6 Å². The van der Waals surface area contributed by atoms with Gasteiger partial charge in [-0.05, 0) is 14.0 Å². The Kier molecular flexibility index (Phi) is 20.1. The summed E-state index contributed by atoms with van der Waals surface area (Å²) in [5.41, 5.74) is 0. The highest BCUT2D eigenvalue weighted by Gasteiger charge is 2.19. The Morgan fingerprint density at radius 2 is 1.25 bits per heavy atom. The SMILES string of the molecule is CNCCSSCCNC(=O)CN(CCN(CCN(CC(C)=O)CC(=O)OC)CC(=O)O)CC(=O)O. The van der Waals surface area contributed by atoms with Crippen molar-refractivity contribution in [1.29, 1.82) is 0 Å². The monoisotopic (exact) mass is 553 g/mol. The van der Waals surface area contributed by atoms with Crippen LogP contribution in [0.1, 0.15) is 6.92 Å². The Bertz CT molecular complexity index is 701. The summed E-state index contributed by atoms with van der Waals surface area (Å²) in [6, 6.07) is 0. The number of rotatable bonds is 23. The number of carbonyl (C=O) groups is 5. The standard InChI is InChI=1S/C21H39N5O8S2/c1-17(27)12-25(16-21(33)34-3)8-6-24(14-19(29)30)7-9-26(15-20(31)32)13-18(28)23-5-11-36-35-10-4-22-2/h22H,4-16H2,1-3H3,(H,23,28)(H,29,30)(H,31,32). The predicted molar refractivity (Wildman–Crippen MR) is 139 cm³/mol. The Morgan fingerprint density at radius 3 is 1.75 bits per heavy atom. The van der Waals surface area contributed by atoms with E-state index in [0.717, 1.165) is 12.3 Å². The molecule has 36 heavy (non-hydrogen) atoms. The molecule has 0 aliphatic carbocycles. The first-order chi connectivity index (χ1) is 17.1. The summed E-state index contributed by atoms with van der Waals surface area (Å²) in [6.07, 6.45) is 0. The minimum Gasteiger partial charge on any atom is -0.480 e. The number of nitrogens with one attached hydrogen (secondary N) is 2. The van der Waals surface area contributed by atoms with Crippen LogP contribution in [0.15, 0.2) is 0 Å². The normalized spacial score (nSPS) is 11.2. The van der Waals surface area contributed by atoms with E-state index in [9.17, 15) is 34.2 Å². The quantitative estimate of drug-likeness (QED) is 0.0658. The molecule has 13 nitrogen and oxygen atoms in total. The largest absolute Gasteiger partial charge is 0.480 e. The number of aliphatic carboxylic acids is 2. The van der Waals surface area contributed by atoms with Crippen molar-refractivity contribution in [1.82, 2.24) is 25.3 Å². The van der Waals surface area contributed by atoms with Crippen LogP contribution in [0.2, 0.25) is 0 Å². The summed E-state index contributed by atoms with van der Waals surface area (Å²) in [5, 5.41) is 24.3. The number of Topliss-reactive ketones (excluding diaryl/α,β-unsaturated/α-hetero) is 1. The molecule has 0 saturated heterocycles. The number of methoxy groups -OCH3 is 1. The molecule has 0 atom stereocenters. The number of carboxylic acids is 2. The molecular formula is C21H39N5O8S2. The van der Waals surface area contributed by atoms with Crippen molar-refractivity contribution in [2.75, 3.05) is 97.7 Å². The number of ether oxygens (including phenoxy) is 1. The molecule has 0 rings (SSSR count). The molecule has 0 spiro atoms. The number of hydrogen-bond acceptors (Lipinski definition) is 12. The van der Waals surface area contributed by atoms with Gasteiger partial charge in [0.05, 0.1) is 39.8 Å². The fraction of sp³-hybridized carbons (Fsp3) is 0.762. The van der Waals surface area contributed by atoms with Crippen molar-refractivity contribution in [3.63, 3.8) is 0 Å². The Morgan fingerprint density at radius 1 is 0.750 bits per heavy atom. The van der Waals surface area contributed by atoms with Crippen molar-refractivity contribution < 1.29 is 38.9 Å². The molecule has 0 fully saturated rings. The molecule has 0 heterocycles. The minimum atomic E-state index is -1.10. The topological polar surface area (TPSA) is 169 Å². The molecule has 0 bridgehead atoms. The summed E-state index contributed by atoms with van der Waals surface area (Å²) in [7, 11) is 6.45. The molecule has 0 unspecified atom stereocenters. The first-order valence-corrected chi connectivity index (χ1v) is 13.9. The van der Waals surface area contributed by atoms with Crippen molar-refractivity contribution in [2.24, 2.45) is 0 Å². The number of hydrogen-bond donors (Lipinski definition) is 4. The highest BCUT2D eigenvalue weighted by atomic mass is 33.1. The molecule has 4 N–H and O–H groups in total. The van der Waals surface area contributed by atoms with E-state index in [1.807, 2.05) is 7.05 Å². The van der Waals surface area contributed by atoms with E-state index in [1.165, 1.54) is 18.9 Å². The lowest BCUT2D eigenvalue weighted by Gasteiger charge is -2.28. The first-order valence-electron chi connectivity index (χ1n) is 11.4. The maximum Gasteiger partial charge on any atom is 0.319 e.